The molecule has 24 heavy (non-hydrogen) atoms. The number of hydrogen-bond donors (Lipinski definition) is 0. The van der Waals surface area contributed by atoms with Gasteiger partial charge >= 0.3 is 0 Å². The van der Waals surface area contributed by atoms with E-state index < -0.39 is 0 Å². The lowest BCUT2D eigenvalue weighted by Crippen LogP contribution is -2.50. The van der Waals surface area contributed by atoms with Gasteiger partial charge in [-0.15, -0.1) is 0 Å². The van der Waals surface area contributed by atoms with Crippen LogP contribution in [0.25, 0.3) is 0 Å². The number of nitrogens with zero attached hydrogens (tertiary/aromatic N) is 3. The van der Waals surface area contributed by atoms with E-state index in [4.69, 9.17) is 4.74 Å². The van der Waals surface area contributed by atoms with Crippen molar-refractivity contribution in [3.8, 4) is 0 Å². The zero-order valence-electron chi connectivity index (χ0n) is 15.0. The van der Waals surface area contributed by atoms with Crippen LogP contribution in [0.5, 0.6) is 0 Å². The van der Waals surface area contributed by atoms with Gasteiger partial charge in [0.05, 0.1) is 12.7 Å². The summed E-state index contributed by atoms with van der Waals surface area (Å²) >= 11 is 0. The molecule has 2 aliphatic rings. The molecular formula is C19H30FN3O. The minimum absolute atomic E-state index is 0.153. The topological polar surface area (TPSA) is 19.0 Å². The Kier molecular flexibility index (Phi) is 6.22. The van der Waals surface area contributed by atoms with Crippen LogP contribution < -0.4 is 0 Å². The number of benzene rings is 1. The molecule has 0 aliphatic carbocycles. The average Bonchev–Trinajstić information content (AvgIpc) is 2.56. The summed E-state index contributed by atoms with van der Waals surface area (Å²) in [6.07, 6.45) is 2.73. The zero-order chi connectivity index (χ0) is 16.9. The van der Waals surface area contributed by atoms with Crippen LogP contribution in [0.3, 0.4) is 0 Å². The average molecular weight is 335 g/mol. The van der Waals surface area contributed by atoms with Gasteiger partial charge in [0.1, 0.15) is 5.82 Å². The van der Waals surface area contributed by atoms with E-state index in [0.29, 0.717) is 6.04 Å². The third kappa shape index (κ3) is 4.99. The van der Waals surface area contributed by atoms with E-state index in [1.807, 2.05) is 6.07 Å². The van der Waals surface area contributed by atoms with Crippen molar-refractivity contribution in [2.24, 2.45) is 0 Å². The van der Waals surface area contributed by atoms with E-state index in [9.17, 15) is 4.39 Å². The van der Waals surface area contributed by atoms with Gasteiger partial charge in [0.25, 0.3) is 0 Å². The number of piperidine rings is 1. The van der Waals surface area contributed by atoms with Gasteiger partial charge in [0.15, 0.2) is 0 Å². The molecule has 0 radical (unpaired) electrons. The van der Waals surface area contributed by atoms with Crippen LogP contribution in [0, 0.1) is 5.82 Å². The Hall–Kier alpha value is -1.01. The first kappa shape index (κ1) is 17.8. The van der Waals surface area contributed by atoms with Crippen LogP contribution >= 0.6 is 0 Å². The second-order valence-corrected chi connectivity index (χ2v) is 7.33. The highest BCUT2D eigenvalue weighted by Gasteiger charge is 2.26. The summed E-state index contributed by atoms with van der Waals surface area (Å²) in [5, 5.41) is 0. The van der Waals surface area contributed by atoms with E-state index in [2.05, 4.69) is 28.8 Å². The van der Waals surface area contributed by atoms with Crippen LogP contribution in [0.2, 0.25) is 0 Å². The predicted molar refractivity (Wildman–Crippen MR) is 94.6 cm³/mol. The molecule has 1 aromatic carbocycles. The fourth-order valence-corrected chi connectivity index (χ4v) is 3.83. The smallest absolute Gasteiger partial charge is 0.123 e. The van der Waals surface area contributed by atoms with Crippen molar-refractivity contribution in [3.63, 3.8) is 0 Å². The molecule has 0 amide bonds. The molecule has 2 aliphatic heterocycles. The summed E-state index contributed by atoms with van der Waals surface area (Å²) in [4.78, 5) is 7.26. The molecule has 1 aromatic rings. The quantitative estimate of drug-likeness (QED) is 0.820. The molecule has 1 atom stereocenters. The normalized spacial score (nSPS) is 24.6. The standard InChI is InChI=1S/C19H30FN3O/c1-21-8-6-18(7-9-21)22(2)14-19-15-23(10-11-24-19)13-16-4-3-5-17(20)12-16/h3-5,12,18-19H,6-11,13-15H2,1-2H3. The van der Waals surface area contributed by atoms with Crippen molar-refractivity contribution in [2.45, 2.75) is 31.5 Å². The first-order chi connectivity index (χ1) is 11.6. The molecule has 1 unspecified atom stereocenters. The summed E-state index contributed by atoms with van der Waals surface area (Å²) in [7, 11) is 4.43. The summed E-state index contributed by atoms with van der Waals surface area (Å²) in [6, 6.07) is 7.59. The molecular weight excluding hydrogens is 305 g/mol. The fourth-order valence-electron chi connectivity index (χ4n) is 3.83. The van der Waals surface area contributed by atoms with Crippen molar-refractivity contribution in [2.75, 3.05) is 53.4 Å². The maximum Gasteiger partial charge on any atom is 0.123 e. The Morgan fingerprint density at radius 2 is 2.04 bits per heavy atom. The third-order valence-electron chi connectivity index (χ3n) is 5.32. The minimum Gasteiger partial charge on any atom is -0.374 e. The Balaban J connectivity index is 1.48. The molecule has 4 nitrogen and oxygen atoms in total. The van der Waals surface area contributed by atoms with Gasteiger partial charge in [0.2, 0.25) is 0 Å². The van der Waals surface area contributed by atoms with Crippen LogP contribution in [-0.2, 0) is 11.3 Å². The van der Waals surface area contributed by atoms with Crippen molar-refractivity contribution >= 4 is 0 Å². The van der Waals surface area contributed by atoms with E-state index in [0.717, 1.165) is 38.3 Å². The molecule has 0 bridgehead atoms. The lowest BCUT2D eigenvalue weighted by Gasteiger charge is -2.39. The molecule has 0 aromatic heterocycles. The third-order valence-corrected chi connectivity index (χ3v) is 5.32. The van der Waals surface area contributed by atoms with Gasteiger partial charge < -0.3 is 14.5 Å². The monoisotopic (exact) mass is 335 g/mol. The molecule has 5 heteroatoms. The molecule has 0 N–H and O–H groups in total. The van der Waals surface area contributed by atoms with Gasteiger partial charge in [-0.25, -0.2) is 4.39 Å². The lowest BCUT2D eigenvalue weighted by molar-refractivity contribution is -0.0499. The Morgan fingerprint density at radius 3 is 2.79 bits per heavy atom. The number of likely N-dealkylation sites (N-methyl/N-ethyl adjacent to an activating group) is 1. The highest BCUT2D eigenvalue weighted by Crippen LogP contribution is 2.17. The second-order valence-electron chi connectivity index (χ2n) is 7.33. The minimum atomic E-state index is -0.153. The Bertz CT molecular complexity index is 519. The molecule has 2 fully saturated rings. The number of hydrogen-bond acceptors (Lipinski definition) is 4. The molecule has 2 saturated heterocycles. The van der Waals surface area contributed by atoms with Gasteiger partial charge in [-0.05, 0) is 57.7 Å². The van der Waals surface area contributed by atoms with Gasteiger partial charge in [-0.3, -0.25) is 4.90 Å². The largest absolute Gasteiger partial charge is 0.374 e. The first-order valence-corrected chi connectivity index (χ1v) is 9.07. The Labute approximate surface area is 145 Å². The van der Waals surface area contributed by atoms with Crippen molar-refractivity contribution < 1.29 is 9.13 Å². The summed E-state index contributed by atoms with van der Waals surface area (Å²) in [5.41, 5.74) is 1.04. The molecule has 0 spiro atoms. The predicted octanol–water partition coefficient (Wildman–Crippen LogP) is 2.05. The van der Waals surface area contributed by atoms with Crippen molar-refractivity contribution in [1.29, 1.82) is 0 Å². The maximum atomic E-state index is 13.4. The molecule has 3 rings (SSSR count). The van der Waals surface area contributed by atoms with Crippen molar-refractivity contribution in [3.05, 3.63) is 35.6 Å². The van der Waals surface area contributed by atoms with Crippen LogP contribution in [0.15, 0.2) is 24.3 Å². The first-order valence-electron chi connectivity index (χ1n) is 9.07. The fraction of sp³-hybridized carbons (Fsp3) is 0.684. The Morgan fingerprint density at radius 1 is 1.25 bits per heavy atom. The maximum absolute atomic E-state index is 13.4. The lowest BCUT2D eigenvalue weighted by atomic mass is 10.0. The number of likely N-dealkylation sites (tertiary alicyclic amines) is 1. The zero-order valence-corrected chi connectivity index (χ0v) is 15.0. The number of ether oxygens (including phenoxy) is 1. The molecule has 2 heterocycles. The summed E-state index contributed by atoms with van der Waals surface area (Å²) < 4.78 is 19.3. The number of morpholine rings is 1. The highest BCUT2D eigenvalue weighted by molar-refractivity contribution is 5.16. The number of rotatable bonds is 5. The van der Waals surface area contributed by atoms with Crippen molar-refractivity contribution in [1.82, 2.24) is 14.7 Å². The summed E-state index contributed by atoms with van der Waals surface area (Å²) in [6.45, 7) is 6.77. The van der Waals surface area contributed by atoms with Gasteiger partial charge in [0, 0.05) is 32.2 Å². The molecule has 134 valence electrons. The van der Waals surface area contributed by atoms with Gasteiger partial charge in [-0.1, -0.05) is 12.1 Å². The highest BCUT2D eigenvalue weighted by atomic mass is 19.1. The van der Waals surface area contributed by atoms with E-state index in [1.165, 1.54) is 32.0 Å². The van der Waals surface area contributed by atoms with Crippen LogP contribution in [0.4, 0.5) is 4.39 Å². The molecule has 0 saturated carbocycles. The SMILES string of the molecule is CN1CCC(N(C)CC2CN(Cc3cccc(F)c3)CCO2)CC1. The van der Waals surface area contributed by atoms with Crippen LogP contribution in [0.1, 0.15) is 18.4 Å². The second kappa shape index (κ2) is 8.39. The number of halogens is 1. The van der Waals surface area contributed by atoms with Gasteiger partial charge in [-0.2, -0.15) is 0 Å². The van der Waals surface area contributed by atoms with E-state index >= 15 is 0 Å². The van der Waals surface area contributed by atoms with E-state index in [-0.39, 0.29) is 11.9 Å². The van der Waals surface area contributed by atoms with Crippen LogP contribution in [-0.4, -0.2) is 80.3 Å². The summed E-state index contributed by atoms with van der Waals surface area (Å²) in [5.74, 6) is -0.153. The van der Waals surface area contributed by atoms with E-state index in [1.54, 1.807) is 12.1 Å².